The predicted molar refractivity (Wildman–Crippen MR) is 59.6 cm³/mol. The Morgan fingerprint density at radius 1 is 1.33 bits per heavy atom. The average Bonchev–Trinajstić information content (AvgIpc) is 2.23. The molecular formula is C12H18N2O. The van der Waals surface area contributed by atoms with Crippen LogP contribution in [-0.4, -0.2) is 35.1 Å². The third-order valence-corrected chi connectivity index (χ3v) is 3.18. The number of piperidine rings is 1. The molecular weight excluding hydrogens is 188 g/mol. The van der Waals surface area contributed by atoms with E-state index in [9.17, 15) is 5.11 Å². The molecule has 3 nitrogen and oxygen atoms in total. The van der Waals surface area contributed by atoms with E-state index in [1.54, 1.807) is 0 Å². The van der Waals surface area contributed by atoms with Crippen LogP contribution in [0, 0.1) is 6.92 Å². The molecule has 2 heterocycles. The standard InChI is InChI=1S/C12H18N2O/c1-10-4-3-5-11(13-10)12(15)6-8-14(2)9-7-12/h3-5,15H,6-9H2,1-2H3. The molecule has 1 aliphatic heterocycles. The largest absolute Gasteiger partial charge is 0.383 e. The maximum atomic E-state index is 10.5. The lowest BCUT2D eigenvalue weighted by molar-refractivity contribution is -0.0239. The van der Waals surface area contributed by atoms with Gasteiger partial charge in [-0.2, -0.15) is 0 Å². The summed E-state index contributed by atoms with van der Waals surface area (Å²) in [6, 6.07) is 5.86. The molecule has 0 atom stereocenters. The third-order valence-electron chi connectivity index (χ3n) is 3.18. The number of aryl methyl sites for hydroxylation is 1. The quantitative estimate of drug-likeness (QED) is 0.752. The van der Waals surface area contributed by atoms with Crippen LogP contribution < -0.4 is 0 Å². The number of aromatic nitrogens is 1. The van der Waals surface area contributed by atoms with Gasteiger partial charge in [0, 0.05) is 18.8 Å². The predicted octanol–water partition coefficient (Wildman–Crippen LogP) is 1.30. The van der Waals surface area contributed by atoms with Crippen molar-refractivity contribution >= 4 is 0 Å². The Bertz CT molecular complexity index is 343. The first-order valence-corrected chi connectivity index (χ1v) is 5.45. The fourth-order valence-electron chi connectivity index (χ4n) is 2.05. The number of pyridine rings is 1. The van der Waals surface area contributed by atoms with Gasteiger partial charge in [0.05, 0.1) is 5.69 Å². The van der Waals surface area contributed by atoms with Crippen molar-refractivity contribution in [1.82, 2.24) is 9.88 Å². The normalized spacial score (nSPS) is 21.5. The highest BCUT2D eigenvalue weighted by atomic mass is 16.3. The molecule has 0 saturated carbocycles. The summed E-state index contributed by atoms with van der Waals surface area (Å²) in [5, 5.41) is 10.5. The topological polar surface area (TPSA) is 36.4 Å². The lowest BCUT2D eigenvalue weighted by Crippen LogP contribution is -2.41. The number of hydrogen-bond acceptors (Lipinski definition) is 3. The molecule has 0 amide bonds. The van der Waals surface area contributed by atoms with Crippen LogP contribution in [0.4, 0.5) is 0 Å². The molecule has 1 aromatic rings. The molecule has 1 aromatic heterocycles. The van der Waals surface area contributed by atoms with Crippen LogP contribution in [-0.2, 0) is 5.60 Å². The Morgan fingerprint density at radius 2 is 2.00 bits per heavy atom. The van der Waals surface area contributed by atoms with Gasteiger partial charge in [-0.3, -0.25) is 4.98 Å². The second-order valence-corrected chi connectivity index (χ2v) is 4.50. The Balaban J connectivity index is 2.22. The van der Waals surface area contributed by atoms with Gasteiger partial charge in [-0.05, 0) is 38.9 Å². The molecule has 0 spiro atoms. The minimum absolute atomic E-state index is 0.710. The maximum absolute atomic E-state index is 10.5. The summed E-state index contributed by atoms with van der Waals surface area (Å²) in [6.45, 7) is 3.83. The van der Waals surface area contributed by atoms with E-state index in [0.29, 0.717) is 0 Å². The lowest BCUT2D eigenvalue weighted by atomic mass is 9.88. The lowest BCUT2D eigenvalue weighted by Gasteiger charge is -2.36. The monoisotopic (exact) mass is 206 g/mol. The molecule has 0 aromatic carbocycles. The van der Waals surface area contributed by atoms with E-state index in [0.717, 1.165) is 37.3 Å². The first-order valence-electron chi connectivity index (χ1n) is 5.45. The van der Waals surface area contributed by atoms with Crippen molar-refractivity contribution in [2.75, 3.05) is 20.1 Å². The zero-order chi connectivity index (χ0) is 10.9. The van der Waals surface area contributed by atoms with Crippen LogP contribution >= 0.6 is 0 Å². The molecule has 3 heteroatoms. The summed E-state index contributed by atoms with van der Waals surface area (Å²) in [5.41, 5.74) is 1.09. The first kappa shape index (κ1) is 10.6. The summed E-state index contributed by atoms with van der Waals surface area (Å²) < 4.78 is 0. The van der Waals surface area contributed by atoms with Gasteiger partial charge in [0.25, 0.3) is 0 Å². The summed E-state index contributed by atoms with van der Waals surface area (Å²) in [5.74, 6) is 0. The fourth-order valence-corrected chi connectivity index (χ4v) is 2.05. The van der Waals surface area contributed by atoms with Crippen molar-refractivity contribution in [2.24, 2.45) is 0 Å². The number of hydrogen-bond donors (Lipinski definition) is 1. The van der Waals surface area contributed by atoms with Crippen molar-refractivity contribution < 1.29 is 5.11 Å². The van der Waals surface area contributed by atoms with Gasteiger partial charge in [-0.15, -0.1) is 0 Å². The van der Waals surface area contributed by atoms with Gasteiger partial charge in [0.15, 0.2) is 0 Å². The summed E-state index contributed by atoms with van der Waals surface area (Å²) in [6.07, 6.45) is 1.56. The van der Waals surface area contributed by atoms with E-state index in [-0.39, 0.29) is 0 Å². The summed E-state index contributed by atoms with van der Waals surface area (Å²) >= 11 is 0. The van der Waals surface area contributed by atoms with Crippen LogP contribution in [0.15, 0.2) is 18.2 Å². The zero-order valence-electron chi connectivity index (χ0n) is 9.40. The van der Waals surface area contributed by atoms with Crippen molar-refractivity contribution in [1.29, 1.82) is 0 Å². The van der Waals surface area contributed by atoms with E-state index in [2.05, 4.69) is 16.9 Å². The molecule has 0 bridgehead atoms. The summed E-state index contributed by atoms with van der Waals surface area (Å²) in [4.78, 5) is 6.67. The Labute approximate surface area is 90.8 Å². The number of likely N-dealkylation sites (tertiary alicyclic amines) is 1. The molecule has 2 rings (SSSR count). The Hall–Kier alpha value is -0.930. The molecule has 1 N–H and O–H groups in total. The van der Waals surface area contributed by atoms with Crippen molar-refractivity contribution in [2.45, 2.75) is 25.4 Å². The molecule has 1 fully saturated rings. The molecule has 0 unspecified atom stereocenters. The SMILES string of the molecule is Cc1cccc(C2(O)CCN(C)CC2)n1. The van der Waals surface area contributed by atoms with Crippen molar-refractivity contribution in [3.05, 3.63) is 29.6 Å². The number of aliphatic hydroxyl groups is 1. The van der Waals surface area contributed by atoms with Crippen LogP contribution in [0.2, 0.25) is 0 Å². The zero-order valence-corrected chi connectivity index (χ0v) is 9.40. The van der Waals surface area contributed by atoms with Gasteiger partial charge in [0.2, 0.25) is 0 Å². The fraction of sp³-hybridized carbons (Fsp3) is 0.583. The van der Waals surface area contributed by atoms with Crippen LogP contribution in [0.1, 0.15) is 24.2 Å². The second kappa shape index (κ2) is 3.91. The Morgan fingerprint density at radius 3 is 2.60 bits per heavy atom. The van der Waals surface area contributed by atoms with Crippen molar-refractivity contribution in [3.8, 4) is 0 Å². The second-order valence-electron chi connectivity index (χ2n) is 4.50. The van der Waals surface area contributed by atoms with Gasteiger partial charge in [0.1, 0.15) is 5.60 Å². The average molecular weight is 206 g/mol. The van der Waals surface area contributed by atoms with Crippen LogP contribution in [0.3, 0.4) is 0 Å². The maximum Gasteiger partial charge on any atom is 0.109 e. The van der Waals surface area contributed by atoms with E-state index in [1.807, 2.05) is 25.1 Å². The minimum atomic E-state index is -0.710. The highest BCUT2D eigenvalue weighted by Crippen LogP contribution is 2.30. The molecule has 1 aliphatic rings. The first-order chi connectivity index (χ1) is 7.10. The summed E-state index contributed by atoms with van der Waals surface area (Å²) in [7, 11) is 2.09. The van der Waals surface area contributed by atoms with Crippen molar-refractivity contribution in [3.63, 3.8) is 0 Å². The van der Waals surface area contributed by atoms with E-state index in [4.69, 9.17) is 0 Å². The van der Waals surface area contributed by atoms with Gasteiger partial charge in [-0.25, -0.2) is 0 Å². The van der Waals surface area contributed by atoms with Gasteiger partial charge >= 0.3 is 0 Å². The van der Waals surface area contributed by atoms with E-state index >= 15 is 0 Å². The Kier molecular flexibility index (Phi) is 2.76. The molecule has 15 heavy (non-hydrogen) atoms. The van der Waals surface area contributed by atoms with E-state index in [1.165, 1.54) is 0 Å². The molecule has 82 valence electrons. The number of rotatable bonds is 1. The third kappa shape index (κ3) is 2.19. The molecule has 1 saturated heterocycles. The smallest absolute Gasteiger partial charge is 0.109 e. The van der Waals surface area contributed by atoms with Gasteiger partial charge < -0.3 is 10.0 Å². The minimum Gasteiger partial charge on any atom is -0.383 e. The highest BCUT2D eigenvalue weighted by molar-refractivity contribution is 5.17. The van der Waals surface area contributed by atoms with Gasteiger partial charge in [-0.1, -0.05) is 6.07 Å². The molecule has 0 radical (unpaired) electrons. The molecule has 0 aliphatic carbocycles. The van der Waals surface area contributed by atoms with Crippen LogP contribution in [0.25, 0.3) is 0 Å². The van der Waals surface area contributed by atoms with Crippen LogP contribution in [0.5, 0.6) is 0 Å². The highest BCUT2D eigenvalue weighted by Gasteiger charge is 2.34. The van der Waals surface area contributed by atoms with E-state index < -0.39 is 5.60 Å². The number of nitrogens with zero attached hydrogens (tertiary/aromatic N) is 2.